The number of amides is 2. The molecule has 1 heterocycles. The Kier molecular flexibility index (Phi) is 2.96. The molecule has 0 bridgehead atoms. The van der Waals surface area contributed by atoms with E-state index >= 15 is 0 Å². The van der Waals surface area contributed by atoms with Gasteiger partial charge in [-0.3, -0.25) is 14.6 Å². The van der Waals surface area contributed by atoms with Crippen LogP contribution in [-0.2, 0) is 4.79 Å². The van der Waals surface area contributed by atoms with Crippen LogP contribution in [-0.4, -0.2) is 16.8 Å². The fourth-order valence-electron chi connectivity index (χ4n) is 0.893. The molecule has 72 valence electrons. The first-order valence-electron chi connectivity index (χ1n) is 3.82. The van der Waals surface area contributed by atoms with E-state index in [9.17, 15) is 9.59 Å². The zero-order valence-corrected chi connectivity index (χ0v) is 7.36. The highest BCUT2D eigenvalue weighted by atomic mass is 16.2. The Morgan fingerprint density at radius 3 is 2.86 bits per heavy atom. The van der Waals surface area contributed by atoms with Gasteiger partial charge in [0.25, 0.3) is 5.91 Å². The standard InChI is InChI=1S/C9H9N3O2/c1-2-8(13)12-7-5-11-4-3-6(7)9(10)14/h2-5H,1H2,(H2,10,14)(H,12,13). The van der Waals surface area contributed by atoms with Crippen molar-refractivity contribution in [2.24, 2.45) is 5.73 Å². The average molecular weight is 191 g/mol. The molecule has 0 aromatic carbocycles. The van der Waals surface area contributed by atoms with Crippen molar-refractivity contribution in [1.29, 1.82) is 0 Å². The van der Waals surface area contributed by atoms with Crippen LogP contribution in [0.25, 0.3) is 0 Å². The second-order valence-electron chi connectivity index (χ2n) is 2.48. The molecule has 0 radical (unpaired) electrons. The van der Waals surface area contributed by atoms with Crippen LogP contribution in [0.4, 0.5) is 5.69 Å². The van der Waals surface area contributed by atoms with Crippen LogP contribution in [0.1, 0.15) is 10.4 Å². The minimum Gasteiger partial charge on any atom is -0.366 e. The Morgan fingerprint density at radius 2 is 2.29 bits per heavy atom. The number of anilines is 1. The van der Waals surface area contributed by atoms with E-state index < -0.39 is 11.8 Å². The zero-order chi connectivity index (χ0) is 10.6. The molecule has 0 atom stereocenters. The summed E-state index contributed by atoms with van der Waals surface area (Å²) in [6, 6.07) is 1.43. The first kappa shape index (κ1) is 9.91. The van der Waals surface area contributed by atoms with E-state index in [1.807, 2.05) is 0 Å². The van der Waals surface area contributed by atoms with Crippen LogP contribution in [0.3, 0.4) is 0 Å². The average Bonchev–Trinajstić information content (AvgIpc) is 2.18. The SMILES string of the molecule is C=CC(=O)Nc1cnccc1C(N)=O. The smallest absolute Gasteiger partial charge is 0.250 e. The molecule has 2 amide bonds. The summed E-state index contributed by atoms with van der Waals surface area (Å²) < 4.78 is 0. The number of nitrogens with one attached hydrogen (secondary N) is 1. The minimum atomic E-state index is -0.619. The quantitative estimate of drug-likeness (QED) is 0.674. The van der Waals surface area contributed by atoms with Crippen molar-refractivity contribution in [1.82, 2.24) is 4.98 Å². The van der Waals surface area contributed by atoms with Gasteiger partial charge in [0.15, 0.2) is 0 Å². The predicted molar refractivity (Wildman–Crippen MR) is 51.6 cm³/mol. The van der Waals surface area contributed by atoms with Crippen LogP contribution in [0.2, 0.25) is 0 Å². The van der Waals surface area contributed by atoms with E-state index in [1.165, 1.54) is 18.5 Å². The highest BCUT2D eigenvalue weighted by molar-refractivity contribution is 6.05. The van der Waals surface area contributed by atoms with E-state index in [2.05, 4.69) is 16.9 Å². The van der Waals surface area contributed by atoms with E-state index in [-0.39, 0.29) is 11.3 Å². The molecule has 14 heavy (non-hydrogen) atoms. The maximum atomic E-state index is 10.9. The first-order chi connectivity index (χ1) is 6.65. The van der Waals surface area contributed by atoms with Gasteiger partial charge in [0.2, 0.25) is 5.91 Å². The van der Waals surface area contributed by atoms with Gasteiger partial charge in [0.1, 0.15) is 0 Å². The van der Waals surface area contributed by atoms with Crippen molar-refractivity contribution < 1.29 is 9.59 Å². The summed E-state index contributed by atoms with van der Waals surface area (Å²) in [5.74, 6) is -1.03. The van der Waals surface area contributed by atoms with Crippen molar-refractivity contribution >= 4 is 17.5 Å². The zero-order valence-electron chi connectivity index (χ0n) is 7.36. The summed E-state index contributed by atoms with van der Waals surface area (Å²) in [4.78, 5) is 25.6. The fourth-order valence-corrected chi connectivity index (χ4v) is 0.893. The lowest BCUT2D eigenvalue weighted by Gasteiger charge is -2.05. The topological polar surface area (TPSA) is 85.1 Å². The number of primary amides is 1. The number of carbonyl (C=O) groups is 2. The van der Waals surface area contributed by atoms with Gasteiger partial charge < -0.3 is 11.1 Å². The number of nitrogens with two attached hydrogens (primary N) is 1. The molecule has 0 fully saturated rings. The van der Waals surface area contributed by atoms with Crippen molar-refractivity contribution in [3.63, 3.8) is 0 Å². The van der Waals surface area contributed by atoms with Gasteiger partial charge in [-0.05, 0) is 12.1 Å². The fraction of sp³-hybridized carbons (Fsp3) is 0. The summed E-state index contributed by atoms with van der Waals surface area (Å²) in [6.45, 7) is 3.28. The van der Waals surface area contributed by atoms with Crippen molar-refractivity contribution in [3.8, 4) is 0 Å². The Bertz CT molecular complexity index is 387. The molecule has 0 aliphatic carbocycles. The number of carbonyl (C=O) groups excluding carboxylic acids is 2. The summed E-state index contributed by atoms with van der Waals surface area (Å²) >= 11 is 0. The molecule has 1 aromatic heterocycles. The van der Waals surface area contributed by atoms with Crippen LogP contribution >= 0.6 is 0 Å². The molecular weight excluding hydrogens is 182 g/mol. The second-order valence-corrected chi connectivity index (χ2v) is 2.48. The maximum absolute atomic E-state index is 10.9. The number of nitrogens with zero attached hydrogens (tertiary/aromatic N) is 1. The highest BCUT2D eigenvalue weighted by Crippen LogP contribution is 2.11. The molecule has 0 spiro atoms. The molecular formula is C9H9N3O2. The summed E-state index contributed by atoms with van der Waals surface area (Å²) in [5, 5.41) is 2.42. The second kappa shape index (κ2) is 4.18. The van der Waals surface area contributed by atoms with Crippen LogP contribution in [0.15, 0.2) is 31.1 Å². The van der Waals surface area contributed by atoms with Crippen LogP contribution in [0.5, 0.6) is 0 Å². The number of hydrogen-bond donors (Lipinski definition) is 2. The van der Waals surface area contributed by atoms with Gasteiger partial charge in [0.05, 0.1) is 17.4 Å². The summed E-state index contributed by atoms with van der Waals surface area (Å²) in [6.07, 6.45) is 3.86. The monoisotopic (exact) mass is 191 g/mol. The van der Waals surface area contributed by atoms with E-state index in [0.29, 0.717) is 0 Å². The van der Waals surface area contributed by atoms with Crippen molar-refractivity contribution in [3.05, 3.63) is 36.7 Å². The third-order valence-corrected chi connectivity index (χ3v) is 1.53. The van der Waals surface area contributed by atoms with Gasteiger partial charge in [-0.2, -0.15) is 0 Å². The predicted octanol–water partition coefficient (Wildman–Crippen LogP) is 0.305. The third kappa shape index (κ3) is 2.16. The molecule has 0 unspecified atom stereocenters. The number of hydrogen-bond acceptors (Lipinski definition) is 3. The van der Waals surface area contributed by atoms with Gasteiger partial charge in [0, 0.05) is 6.20 Å². The lowest BCUT2D eigenvalue weighted by atomic mass is 10.2. The van der Waals surface area contributed by atoms with E-state index in [0.717, 1.165) is 6.08 Å². The molecule has 5 nitrogen and oxygen atoms in total. The van der Waals surface area contributed by atoms with Crippen LogP contribution in [0, 0.1) is 0 Å². The Balaban J connectivity index is 3.01. The Morgan fingerprint density at radius 1 is 1.57 bits per heavy atom. The Labute approximate surface area is 80.6 Å². The van der Waals surface area contributed by atoms with Gasteiger partial charge in [-0.15, -0.1) is 0 Å². The van der Waals surface area contributed by atoms with Gasteiger partial charge >= 0.3 is 0 Å². The minimum absolute atomic E-state index is 0.218. The van der Waals surface area contributed by atoms with Crippen LogP contribution < -0.4 is 11.1 Å². The molecule has 0 saturated carbocycles. The molecule has 1 rings (SSSR count). The lowest BCUT2D eigenvalue weighted by Crippen LogP contribution is -2.16. The molecule has 0 aliphatic heterocycles. The number of pyridine rings is 1. The highest BCUT2D eigenvalue weighted by Gasteiger charge is 2.08. The largest absolute Gasteiger partial charge is 0.366 e. The van der Waals surface area contributed by atoms with Gasteiger partial charge in [-0.25, -0.2) is 0 Å². The van der Waals surface area contributed by atoms with Gasteiger partial charge in [-0.1, -0.05) is 6.58 Å². The number of rotatable bonds is 3. The maximum Gasteiger partial charge on any atom is 0.250 e. The first-order valence-corrected chi connectivity index (χ1v) is 3.82. The summed E-state index contributed by atoms with van der Waals surface area (Å²) in [7, 11) is 0. The van der Waals surface area contributed by atoms with E-state index in [4.69, 9.17) is 5.73 Å². The number of aromatic nitrogens is 1. The molecule has 1 aromatic rings. The Hall–Kier alpha value is -2.17. The molecule has 0 saturated heterocycles. The molecule has 5 heteroatoms. The summed E-state index contributed by atoms with van der Waals surface area (Å²) in [5.41, 5.74) is 5.59. The molecule has 3 N–H and O–H groups in total. The lowest BCUT2D eigenvalue weighted by molar-refractivity contribution is -0.111. The third-order valence-electron chi connectivity index (χ3n) is 1.53. The molecule has 0 aliphatic rings. The van der Waals surface area contributed by atoms with Crippen molar-refractivity contribution in [2.45, 2.75) is 0 Å². The normalized spacial score (nSPS) is 9.14. The van der Waals surface area contributed by atoms with Crippen molar-refractivity contribution in [2.75, 3.05) is 5.32 Å². The van der Waals surface area contributed by atoms with E-state index in [1.54, 1.807) is 0 Å².